The first kappa shape index (κ1) is 27.0. The molecule has 0 aromatic carbocycles. The summed E-state index contributed by atoms with van der Waals surface area (Å²) < 4.78 is 23.2. The zero-order valence-electron chi connectivity index (χ0n) is 21.2. The molecule has 0 amide bonds. The fourth-order valence-electron chi connectivity index (χ4n) is 5.05. The van der Waals surface area contributed by atoms with Crippen LogP contribution in [0.3, 0.4) is 0 Å². The van der Waals surface area contributed by atoms with Crippen molar-refractivity contribution in [1.29, 1.82) is 0 Å². The van der Waals surface area contributed by atoms with Crippen LogP contribution in [0.15, 0.2) is 60.3 Å². The highest BCUT2D eigenvalue weighted by atomic mass is 16.6. The lowest BCUT2D eigenvalue weighted by atomic mass is 9.97. The van der Waals surface area contributed by atoms with Gasteiger partial charge in [-0.25, -0.2) is 4.79 Å². The van der Waals surface area contributed by atoms with Gasteiger partial charge in [-0.2, -0.15) is 0 Å². The Morgan fingerprint density at radius 1 is 1.19 bits per heavy atom. The van der Waals surface area contributed by atoms with Gasteiger partial charge in [-0.15, -0.1) is 0 Å². The highest BCUT2D eigenvalue weighted by molar-refractivity contribution is 5.82. The summed E-state index contributed by atoms with van der Waals surface area (Å²) in [5.74, 6) is -0.518. The van der Waals surface area contributed by atoms with Crippen LogP contribution >= 0.6 is 0 Å². The van der Waals surface area contributed by atoms with Gasteiger partial charge >= 0.3 is 5.97 Å². The molecule has 2 bridgehead atoms. The predicted octanol–water partition coefficient (Wildman–Crippen LogP) is 3.86. The lowest BCUT2D eigenvalue weighted by Gasteiger charge is -2.25. The molecule has 8 unspecified atom stereocenters. The van der Waals surface area contributed by atoms with Gasteiger partial charge in [0.25, 0.3) is 0 Å². The zero-order chi connectivity index (χ0) is 25.5. The molecule has 0 radical (unpaired) electrons. The molecule has 7 nitrogen and oxygen atoms in total. The van der Waals surface area contributed by atoms with E-state index in [1.54, 1.807) is 12.2 Å². The van der Waals surface area contributed by atoms with Crippen LogP contribution in [-0.2, 0) is 23.7 Å². The highest BCUT2D eigenvalue weighted by Gasteiger charge is 2.46. The van der Waals surface area contributed by atoms with Crippen molar-refractivity contribution in [1.82, 2.24) is 0 Å². The Bertz CT molecular complexity index is 888. The Morgan fingerprint density at radius 2 is 2.03 bits per heavy atom. The number of ether oxygens (including phenoxy) is 4. The standard InChI is InChI=1S/C29H40O7/c1-19-6-3-7-21-8-4-9-22(34-21)10-5-11-28(32)35-26(18-27-29(36-27)25(31)17-19)24(30)13-12-23-16-20(2)14-15-33-23/h4-5,8,11-14,21-27,29-31H,1,3,6-7,9-10,15-18H2,2H3. The Kier molecular flexibility index (Phi) is 9.73. The molecule has 4 aliphatic rings. The smallest absolute Gasteiger partial charge is 0.330 e. The van der Waals surface area contributed by atoms with Gasteiger partial charge in [-0.1, -0.05) is 54.2 Å². The molecule has 0 saturated carbocycles. The largest absolute Gasteiger partial charge is 0.456 e. The van der Waals surface area contributed by atoms with E-state index in [1.807, 2.05) is 12.2 Å². The fourth-order valence-corrected chi connectivity index (χ4v) is 5.05. The second kappa shape index (κ2) is 13.0. The number of hydrogen-bond donors (Lipinski definition) is 2. The molecule has 2 N–H and O–H groups in total. The molecule has 0 aliphatic carbocycles. The summed E-state index contributed by atoms with van der Waals surface area (Å²) in [5, 5.41) is 21.5. The van der Waals surface area contributed by atoms with E-state index in [1.165, 1.54) is 11.6 Å². The van der Waals surface area contributed by atoms with E-state index in [9.17, 15) is 15.0 Å². The minimum Gasteiger partial charge on any atom is -0.456 e. The van der Waals surface area contributed by atoms with E-state index in [0.29, 0.717) is 25.9 Å². The van der Waals surface area contributed by atoms with Crippen molar-refractivity contribution in [3.63, 3.8) is 0 Å². The van der Waals surface area contributed by atoms with Gasteiger partial charge in [0.2, 0.25) is 0 Å². The van der Waals surface area contributed by atoms with Crippen molar-refractivity contribution in [2.45, 2.75) is 107 Å². The van der Waals surface area contributed by atoms with Crippen LogP contribution in [0.5, 0.6) is 0 Å². The molecule has 1 saturated heterocycles. The summed E-state index contributed by atoms with van der Waals surface area (Å²) in [5.41, 5.74) is 2.23. The van der Waals surface area contributed by atoms with E-state index in [0.717, 1.165) is 37.7 Å². The maximum Gasteiger partial charge on any atom is 0.330 e. The van der Waals surface area contributed by atoms with Crippen LogP contribution in [0.25, 0.3) is 0 Å². The van der Waals surface area contributed by atoms with E-state index in [-0.39, 0.29) is 30.5 Å². The number of rotatable bonds is 3. The van der Waals surface area contributed by atoms with Gasteiger partial charge in [-0.3, -0.25) is 0 Å². The second-order valence-electron chi connectivity index (χ2n) is 10.4. The van der Waals surface area contributed by atoms with Crippen LogP contribution in [-0.4, -0.2) is 71.6 Å². The summed E-state index contributed by atoms with van der Waals surface area (Å²) in [6.45, 7) is 6.74. The molecule has 4 heterocycles. The monoisotopic (exact) mass is 500 g/mol. The normalized spacial score (nSPS) is 37.4. The van der Waals surface area contributed by atoms with Crippen molar-refractivity contribution in [2.24, 2.45) is 0 Å². The number of carbonyl (C=O) groups excluding carboxylic acids is 1. The van der Waals surface area contributed by atoms with Crippen molar-refractivity contribution in [3.05, 3.63) is 60.3 Å². The molecule has 8 atom stereocenters. The van der Waals surface area contributed by atoms with E-state index >= 15 is 0 Å². The third kappa shape index (κ3) is 8.25. The number of carbonyl (C=O) groups is 1. The molecule has 36 heavy (non-hydrogen) atoms. The van der Waals surface area contributed by atoms with Crippen LogP contribution in [0, 0.1) is 0 Å². The quantitative estimate of drug-likeness (QED) is 0.345. The minimum atomic E-state index is -1.02. The first-order valence-electron chi connectivity index (χ1n) is 13.2. The molecule has 0 spiro atoms. The SMILES string of the molecule is C=C1CCCC2C=CCC(CC=CC(=O)OC(C(O)C=CC3CC(C)=CCO3)CC3OC3C(O)C1)O2. The van der Waals surface area contributed by atoms with Gasteiger partial charge in [0.15, 0.2) is 0 Å². The summed E-state index contributed by atoms with van der Waals surface area (Å²) in [7, 11) is 0. The number of aliphatic hydroxyl groups excluding tert-OH is 2. The Morgan fingerprint density at radius 3 is 2.86 bits per heavy atom. The lowest BCUT2D eigenvalue weighted by Crippen LogP contribution is -2.32. The van der Waals surface area contributed by atoms with Crippen LogP contribution in [0.4, 0.5) is 0 Å². The second-order valence-corrected chi connectivity index (χ2v) is 10.4. The molecular weight excluding hydrogens is 460 g/mol. The molecule has 0 aromatic rings. The Labute approximate surface area is 214 Å². The lowest BCUT2D eigenvalue weighted by molar-refractivity contribution is -0.148. The van der Waals surface area contributed by atoms with Crippen LogP contribution in [0.2, 0.25) is 0 Å². The Hall–Kier alpha value is -2.03. The van der Waals surface area contributed by atoms with Crippen molar-refractivity contribution in [2.75, 3.05) is 6.61 Å². The number of esters is 1. The molecule has 4 aliphatic heterocycles. The van der Waals surface area contributed by atoms with E-state index in [4.69, 9.17) is 18.9 Å². The third-order valence-electron chi connectivity index (χ3n) is 7.19. The minimum absolute atomic E-state index is 0.0194. The summed E-state index contributed by atoms with van der Waals surface area (Å²) in [4.78, 5) is 12.6. The average molecular weight is 501 g/mol. The average Bonchev–Trinajstić information content (AvgIpc) is 3.61. The number of cyclic esters (lactones) is 1. The molecule has 198 valence electrons. The topological polar surface area (TPSA) is 97.8 Å². The van der Waals surface area contributed by atoms with Crippen molar-refractivity contribution < 1.29 is 34.0 Å². The number of epoxide rings is 1. The summed E-state index contributed by atoms with van der Waals surface area (Å²) in [6, 6.07) is 0. The predicted molar refractivity (Wildman–Crippen MR) is 136 cm³/mol. The van der Waals surface area contributed by atoms with Gasteiger partial charge < -0.3 is 29.2 Å². The highest BCUT2D eigenvalue weighted by Crippen LogP contribution is 2.34. The van der Waals surface area contributed by atoms with Gasteiger partial charge in [-0.05, 0) is 51.9 Å². The van der Waals surface area contributed by atoms with E-state index in [2.05, 4.69) is 25.7 Å². The number of fused-ring (bicyclic) bond motifs is 3. The van der Waals surface area contributed by atoms with Crippen LogP contribution < -0.4 is 0 Å². The van der Waals surface area contributed by atoms with Crippen molar-refractivity contribution in [3.8, 4) is 0 Å². The molecule has 1 fully saturated rings. The number of hydrogen-bond acceptors (Lipinski definition) is 7. The van der Waals surface area contributed by atoms with Gasteiger partial charge in [0, 0.05) is 12.5 Å². The fraction of sp³-hybridized carbons (Fsp3) is 0.621. The van der Waals surface area contributed by atoms with E-state index < -0.39 is 24.3 Å². The first-order valence-corrected chi connectivity index (χ1v) is 13.2. The van der Waals surface area contributed by atoms with Gasteiger partial charge in [0.05, 0.1) is 37.1 Å². The summed E-state index contributed by atoms with van der Waals surface area (Å²) in [6.07, 6.45) is 15.3. The zero-order valence-corrected chi connectivity index (χ0v) is 21.2. The maximum atomic E-state index is 12.6. The maximum absolute atomic E-state index is 12.6. The molecular formula is C29H40O7. The first-order chi connectivity index (χ1) is 17.4. The summed E-state index contributed by atoms with van der Waals surface area (Å²) >= 11 is 0. The number of aliphatic hydroxyl groups is 2. The molecule has 4 rings (SSSR count). The third-order valence-corrected chi connectivity index (χ3v) is 7.19. The van der Waals surface area contributed by atoms with Crippen molar-refractivity contribution >= 4 is 5.97 Å². The van der Waals surface area contributed by atoms with Crippen LogP contribution in [0.1, 0.15) is 58.3 Å². The van der Waals surface area contributed by atoms with Gasteiger partial charge in [0.1, 0.15) is 18.3 Å². The molecule has 0 aromatic heterocycles. The molecule has 7 heteroatoms. The Balaban J connectivity index is 1.42.